The first-order valence-corrected chi connectivity index (χ1v) is 9.21. The Labute approximate surface area is 145 Å². The highest BCUT2D eigenvalue weighted by molar-refractivity contribution is 5.85. The van der Waals surface area contributed by atoms with Crippen molar-refractivity contribution in [2.24, 2.45) is 5.92 Å². The molecule has 2 rings (SSSR count). The predicted octanol–water partition coefficient (Wildman–Crippen LogP) is 2.71. The molecule has 138 valence electrons. The largest absolute Gasteiger partial charge is 0.444 e. The van der Waals surface area contributed by atoms with E-state index in [0.717, 1.165) is 12.8 Å². The van der Waals surface area contributed by atoms with Crippen molar-refractivity contribution >= 4 is 12.0 Å². The van der Waals surface area contributed by atoms with Crippen LogP contribution < -0.4 is 5.32 Å². The van der Waals surface area contributed by atoms with Gasteiger partial charge in [-0.05, 0) is 33.1 Å². The molecule has 1 aliphatic heterocycles. The first kappa shape index (κ1) is 19.0. The van der Waals surface area contributed by atoms with Crippen LogP contribution in [0.2, 0.25) is 0 Å². The summed E-state index contributed by atoms with van der Waals surface area (Å²) in [5.74, 6) is 0.499. The number of nitrogens with zero attached hydrogens (tertiary/aromatic N) is 1. The quantitative estimate of drug-likeness (QED) is 0.854. The first-order chi connectivity index (χ1) is 11.3. The van der Waals surface area contributed by atoms with E-state index in [1.165, 1.54) is 19.3 Å². The lowest BCUT2D eigenvalue weighted by molar-refractivity contribution is -0.138. The topological polar surface area (TPSA) is 67.9 Å². The Bertz CT molecular complexity index is 421. The molecular weight excluding hydrogens is 308 g/mol. The molecule has 1 aliphatic carbocycles. The zero-order valence-corrected chi connectivity index (χ0v) is 15.3. The van der Waals surface area contributed by atoms with E-state index < -0.39 is 17.7 Å². The molecule has 6 heteroatoms. The lowest BCUT2D eigenvalue weighted by atomic mass is 9.84. The maximum absolute atomic E-state index is 12.9. The van der Waals surface area contributed by atoms with Gasteiger partial charge in [-0.15, -0.1) is 0 Å². The number of hydrogen-bond donors (Lipinski definition) is 1. The fourth-order valence-electron chi connectivity index (χ4n) is 3.43. The maximum atomic E-state index is 12.9. The number of amides is 2. The number of carbonyl (C=O) groups is 2. The number of nitrogens with one attached hydrogen (secondary N) is 1. The smallest absolute Gasteiger partial charge is 0.408 e. The van der Waals surface area contributed by atoms with Crippen LogP contribution in [-0.4, -0.2) is 54.8 Å². The minimum absolute atomic E-state index is 0.00488. The Kier molecular flexibility index (Phi) is 6.90. The van der Waals surface area contributed by atoms with Crippen LogP contribution in [0.3, 0.4) is 0 Å². The van der Waals surface area contributed by atoms with Crippen molar-refractivity contribution in [2.75, 3.05) is 26.3 Å². The molecule has 2 aliphatic rings. The lowest BCUT2D eigenvalue weighted by Crippen LogP contribution is -2.53. The Morgan fingerprint density at radius 3 is 2.38 bits per heavy atom. The average Bonchev–Trinajstić information content (AvgIpc) is 2.53. The Balaban J connectivity index is 1.98. The summed E-state index contributed by atoms with van der Waals surface area (Å²) in [5.41, 5.74) is -0.568. The summed E-state index contributed by atoms with van der Waals surface area (Å²) in [6.07, 6.45) is 6.19. The van der Waals surface area contributed by atoms with E-state index in [9.17, 15) is 9.59 Å². The second-order valence-electron chi connectivity index (χ2n) is 7.88. The molecule has 0 aromatic carbocycles. The highest BCUT2D eigenvalue weighted by Gasteiger charge is 2.31. The normalized spacial score (nSPS) is 21.2. The van der Waals surface area contributed by atoms with Crippen molar-refractivity contribution in [3.8, 4) is 0 Å². The van der Waals surface area contributed by atoms with Gasteiger partial charge in [0.25, 0.3) is 0 Å². The van der Waals surface area contributed by atoms with Crippen molar-refractivity contribution < 1.29 is 19.1 Å². The number of ether oxygens (including phenoxy) is 2. The Morgan fingerprint density at radius 2 is 1.79 bits per heavy atom. The molecule has 0 aromatic rings. The molecule has 0 radical (unpaired) electrons. The van der Waals surface area contributed by atoms with Gasteiger partial charge in [-0.3, -0.25) is 4.79 Å². The number of hydrogen-bond acceptors (Lipinski definition) is 4. The van der Waals surface area contributed by atoms with Crippen LogP contribution in [0.1, 0.15) is 59.3 Å². The van der Waals surface area contributed by atoms with Gasteiger partial charge in [0, 0.05) is 13.1 Å². The molecule has 0 spiro atoms. The third-order valence-electron chi connectivity index (χ3n) is 4.61. The first-order valence-electron chi connectivity index (χ1n) is 9.21. The number of alkyl carbamates (subject to hydrolysis) is 1. The summed E-state index contributed by atoms with van der Waals surface area (Å²) in [5, 5.41) is 2.82. The summed E-state index contributed by atoms with van der Waals surface area (Å²) >= 11 is 0. The predicted molar refractivity (Wildman–Crippen MR) is 91.7 cm³/mol. The minimum Gasteiger partial charge on any atom is -0.444 e. The molecule has 1 saturated carbocycles. The fraction of sp³-hybridized carbons (Fsp3) is 0.889. The molecule has 0 bridgehead atoms. The molecular formula is C18H32N2O4. The molecule has 2 amide bonds. The third-order valence-corrected chi connectivity index (χ3v) is 4.61. The molecule has 0 unspecified atom stereocenters. The second-order valence-corrected chi connectivity index (χ2v) is 7.88. The molecule has 2 fully saturated rings. The fourth-order valence-corrected chi connectivity index (χ4v) is 3.43. The number of morpholine rings is 1. The van der Waals surface area contributed by atoms with Gasteiger partial charge in [0.15, 0.2) is 0 Å². The molecule has 1 heterocycles. The van der Waals surface area contributed by atoms with Gasteiger partial charge < -0.3 is 19.7 Å². The van der Waals surface area contributed by atoms with Crippen molar-refractivity contribution in [2.45, 2.75) is 70.9 Å². The Hall–Kier alpha value is -1.30. The number of carbonyl (C=O) groups excluding carboxylic acids is 2. The van der Waals surface area contributed by atoms with E-state index in [-0.39, 0.29) is 5.91 Å². The summed E-state index contributed by atoms with van der Waals surface area (Å²) in [6, 6.07) is -0.499. The molecule has 1 atom stereocenters. The molecule has 1 N–H and O–H groups in total. The van der Waals surface area contributed by atoms with Gasteiger partial charge in [-0.25, -0.2) is 4.79 Å². The van der Waals surface area contributed by atoms with Gasteiger partial charge in [0.05, 0.1) is 13.2 Å². The second kappa shape index (κ2) is 8.70. The van der Waals surface area contributed by atoms with E-state index in [1.807, 2.05) is 20.8 Å². The van der Waals surface area contributed by atoms with Gasteiger partial charge in [-0.1, -0.05) is 32.1 Å². The van der Waals surface area contributed by atoms with Gasteiger partial charge in [0.1, 0.15) is 11.6 Å². The zero-order chi connectivity index (χ0) is 17.6. The summed E-state index contributed by atoms with van der Waals surface area (Å²) in [7, 11) is 0. The van der Waals surface area contributed by atoms with Crippen LogP contribution >= 0.6 is 0 Å². The van der Waals surface area contributed by atoms with Crippen LogP contribution in [0.5, 0.6) is 0 Å². The lowest BCUT2D eigenvalue weighted by Gasteiger charge is -2.33. The van der Waals surface area contributed by atoms with Crippen molar-refractivity contribution in [3.05, 3.63) is 0 Å². The summed E-state index contributed by atoms with van der Waals surface area (Å²) in [6.45, 7) is 7.79. The van der Waals surface area contributed by atoms with Crippen molar-refractivity contribution in [3.63, 3.8) is 0 Å². The van der Waals surface area contributed by atoms with Crippen molar-refractivity contribution in [1.29, 1.82) is 0 Å². The summed E-state index contributed by atoms with van der Waals surface area (Å²) in [4.78, 5) is 26.8. The maximum Gasteiger partial charge on any atom is 0.408 e. The number of rotatable bonds is 4. The molecule has 6 nitrogen and oxygen atoms in total. The van der Waals surface area contributed by atoms with Crippen LogP contribution in [0.25, 0.3) is 0 Å². The molecule has 24 heavy (non-hydrogen) atoms. The van der Waals surface area contributed by atoms with Crippen LogP contribution in [0, 0.1) is 5.92 Å². The van der Waals surface area contributed by atoms with Gasteiger partial charge in [-0.2, -0.15) is 0 Å². The minimum atomic E-state index is -0.568. The van der Waals surface area contributed by atoms with E-state index >= 15 is 0 Å². The average molecular weight is 340 g/mol. The zero-order valence-electron chi connectivity index (χ0n) is 15.3. The van der Waals surface area contributed by atoms with E-state index in [1.54, 1.807) is 4.90 Å². The van der Waals surface area contributed by atoms with Crippen LogP contribution in [0.15, 0.2) is 0 Å². The standard InChI is InChI=1S/C18H32N2O4/c1-18(2,3)24-17(22)19-15(13-14-7-5-4-6-8-14)16(21)20-9-11-23-12-10-20/h14-15H,4-13H2,1-3H3,(H,19,22)/t15-/m0/s1. The van der Waals surface area contributed by atoms with Crippen LogP contribution in [0.4, 0.5) is 4.79 Å². The van der Waals surface area contributed by atoms with Gasteiger partial charge in [0.2, 0.25) is 5.91 Å². The molecule has 1 saturated heterocycles. The SMILES string of the molecule is CC(C)(C)OC(=O)N[C@@H](CC1CCCCC1)C(=O)N1CCOCC1. The summed E-state index contributed by atoms with van der Waals surface area (Å²) < 4.78 is 10.7. The Morgan fingerprint density at radius 1 is 1.17 bits per heavy atom. The monoisotopic (exact) mass is 340 g/mol. The van der Waals surface area contributed by atoms with Crippen molar-refractivity contribution in [1.82, 2.24) is 10.2 Å². The molecule has 0 aromatic heterocycles. The highest BCUT2D eigenvalue weighted by atomic mass is 16.6. The van der Waals surface area contributed by atoms with Crippen LogP contribution in [-0.2, 0) is 14.3 Å². The van der Waals surface area contributed by atoms with E-state index in [0.29, 0.717) is 38.6 Å². The highest BCUT2D eigenvalue weighted by Crippen LogP contribution is 2.28. The van der Waals surface area contributed by atoms with Gasteiger partial charge >= 0.3 is 6.09 Å². The van der Waals surface area contributed by atoms with E-state index in [2.05, 4.69) is 5.32 Å². The van der Waals surface area contributed by atoms with E-state index in [4.69, 9.17) is 9.47 Å². The third kappa shape index (κ3) is 6.30.